The summed E-state index contributed by atoms with van der Waals surface area (Å²) in [7, 11) is 0. The molecule has 0 unspecified atom stereocenters. The van der Waals surface area contributed by atoms with Crippen LogP contribution < -0.4 is 5.73 Å². The first-order chi connectivity index (χ1) is 6.86. The largest absolute Gasteiger partial charge is 0.477 e. The molecule has 1 aromatic carbocycles. The molecule has 1 aromatic rings. The van der Waals surface area contributed by atoms with Gasteiger partial charge in [0.05, 0.1) is 6.54 Å². The zero-order valence-electron chi connectivity index (χ0n) is 7.97. The van der Waals surface area contributed by atoms with Crippen LogP contribution >= 0.6 is 0 Å². The van der Waals surface area contributed by atoms with Crippen molar-refractivity contribution in [2.75, 3.05) is 6.54 Å². The summed E-state index contributed by atoms with van der Waals surface area (Å²) < 4.78 is 5.27. The summed E-state index contributed by atoms with van der Waals surface area (Å²) in [5.74, 6) is 0. The number of ether oxygens (including phenoxy) is 1. The molecule has 1 heterocycles. The molecule has 0 aliphatic carbocycles. The highest BCUT2D eigenvalue weighted by Crippen LogP contribution is 2.09. The van der Waals surface area contributed by atoms with Gasteiger partial charge in [0.25, 0.3) is 0 Å². The van der Waals surface area contributed by atoms with E-state index >= 15 is 0 Å². The van der Waals surface area contributed by atoms with Crippen LogP contribution in [0.15, 0.2) is 35.3 Å². The summed E-state index contributed by atoms with van der Waals surface area (Å²) in [6.45, 7) is 0.688. The van der Waals surface area contributed by atoms with Gasteiger partial charge in [0, 0.05) is 6.04 Å². The molecule has 0 amide bonds. The summed E-state index contributed by atoms with van der Waals surface area (Å²) >= 11 is 0. The van der Waals surface area contributed by atoms with Crippen molar-refractivity contribution in [2.24, 2.45) is 10.7 Å². The molecule has 3 nitrogen and oxygen atoms in total. The predicted octanol–water partition coefficient (Wildman–Crippen LogP) is 0.984. The van der Waals surface area contributed by atoms with Crippen LogP contribution in [0.25, 0.3) is 0 Å². The van der Waals surface area contributed by atoms with Gasteiger partial charge in [0.2, 0.25) is 0 Å². The van der Waals surface area contributed by atoms with Gasteiger partial charge in [-0.25, -0.2) is 0 Å². The highest BCUT2D eigenvalue weighted by Gasteiger charge is 2.21. The summed E-state index contributed by atoms with van der Waals surface area (Å²) in [6.07, 6.45) is 2.39. The Morgan fingerprint density at radius 3 is 2.86 bits per heavy atom. The first kappa shape index (κ1) is 9.21. The first-order valence-corrected chi connectivity index (χ1v) is 4.79. The van der Waals surface area contributed by atoms with Crippen LogP contribution in [0.5, 0.6) is 0 Å². The highest BCUT2D eigenvalue weighted by molar-refractivity contribution is 5.49. The highest BCUT2D eigenvalue weighted by atomic mass is 16.5. The smallest absolute Gasteiger partial charge is 0.170 e. The normalized spacial score (nSPS) is 21.9. The Morgan fingerprint density at radius 2 is 2.21 bits per heavy atom. The van der Waals surface area contributed by atoms with Crippen molar-refractivity contribution >= 4 is 6.40 Å². The number of benzene rings is 1. The zero-order chi connectivity index (χ0) is 9.80. The molecule has 1 aliphatic rings. The van der Waals surface area contributed by atoms with Gasteiger partial charge in [-0.2, -0.15) is 0 Å². The zero-order valence-corrected chi connectivity index (χ0v) is 7.97. The van der Waals surface area contributed by atoms with Gasteiger partial charge in [-0.15, -0.1) is 0 Å². The van der Waals surface area contributed by atoms with E-state index in [9.17, 15) is 0 Å². The van der Waals surface area contributed by atoms with E-state index in [1.165, 1.54) is 12.0 Å². The second kappa shape index (κ2) is 4.24. The minimum absolute atomic E-state index is 0.0277. The van der Waals surface area contributed by atoms with Crippen molar-refractivity contribution in [3.05, 3.63) is 35.9 Å². The molecule has 3 heteroatoms. The molecule has 2 atom stereocenters. The fraction of sp³-hybridized carbons (Fsp3) is 0.364. The Balaban J connectivity index is 1.91. The second-order valence-electron chi connectivity index (χ2n) is 3.50. The number of nitrogens with zero attached hydrogens (tertiary/aromatic N) is 1. The van der Waals surface area contributed by atoms with Gasteiger partial charge >= 0.3 is 0 Å². The maximum Gasteiger partial charge on any atom is 0.170 e. The van der Waals surface area contributed by atoms with E-state index in [0.29, 0.717) is 6.54 Å². The first-order valence-electron chi connectivity index (χ1n) is 4.79. The molecule has 74 valence electrons. The van der Waals surface area contributed by atoms with E-state index in [4.69, 9.17) is 10.5 Å². The Kier molecular flexibility index (Phi) is 2.79. The van der Waals surface area contributed by atoms with E-state index < -0.39 is 0 Å². The van der Waals surface area contributed by atoms with Gasteiger partial charge in [-0.1, -0.05) is 30.3 Å². The average molecular weight is 190 g/mol. The van der Waals surface area contributed by atoms with Crippen molar-refractivity contribution in [1.29, 1.82) is 0 Å². The fourth-order valence-corrected chi connectivity index (χ4v) is 1.57. The molecule has 1 aliphatic heterocycles. The van der Waals surface area contributed by atoms with Crippen molar-refractivity contribution < 1.29 is 4.74 Å². The van der Waals surface area contributed by atoms with Gasteiger partial charge in [-0.05, 0) is 12.0 Å². The minimum Gasteiger partial charge on any atom is -0.477 e. The van der Waals surface area contributed by atoms with E-state index in [0.717, 1.165) is 6.42 Å². The monoisotopic (exact) mass is 190 g/mol. The lowest BCUT2D eigenvalue weighted by atomic mass is 10.0. The van der Waals surface area contributed by atoms with Gasteiger partial charge in [-0.3, -0.25) is 4.99 Å². The quantitative estimate of drug-likeness (QED) is 0.772. The second-order valence-corrected chi connectivity index (χ2v) is 3.50. The third kappa shape index (κ3) is 2.12. The Bertz CT molecular complexity index is 302. The molecule has 0 radical (unpaired) electrons. The van der Waals surface area contributed by atoms with E-state index in [1.807, 2.05) is 18.2 Å². The number of hydrogen-bond donors (Lipinski definition) is 1. The van der Waals surface area contributed by atoms with Crippen LogP contribution in [0.3, 0.4) is 0 Å². The maximum atomic E-state index is 6.01. The molecule has 2 N–H and O–H groups in total. The molecule has 0 fully saturated rings. The van der Waals surface area contributed by atoms with E-state index in [2.05, 4.69) is 17.1 Å². The van der Waals surface area contributed by atoms with E-state index in [1.54, 1.807) is 0 Å². The fourth-order valence-electron chi connectivity index (χ4n) is 1.57. The van der Waals surface area contributed by atoms with Gasteiger partial charge < -0.3 is 10.5 Å². The summed E-state index contributed by atoms with van der Waals surface area (Å²) in [5.41, 5.74) is 7.25. The van der Waals surface area contributed by atoms with Crippen LogP contribution in [-0.4, -0.2) is 25.1 Å². The topological polar surface area (TPSA) is 47.6 Å². The lowest BCUT2D eigenvalue weighted by Crippen LogP contribution is -2.38. The number of rotatable bonds is 3. The predicted molar refractivity (Wildman–Crippen MR) is 56.4 cm³/mol. The van der Waals surface area contributed by atoms with Crippen LogP contribution in [0.4, 0.5) is 0 Å². The lowest BCUT2D eigenvalue weighted by molar-refractivity contribution is 0.198. The summed E-state index contributed by atoms with van der Waals surface area (Å²) in [5, 5.41) is 0. The molecule has 0 aromatic heterocycles. The van der Waals surface area contributed by atoms with Crippen molar-refractivity contribution in [1.82, 2.24) is 0 Å². The van der Waals surface area contributed by atoms with Gasteiger partial charge in [0.1, 0.15) is 6.10 Å². The molecule has 0 saturated carbocycles. The Morgan fingerprint density at radius 1 is 1.43 bits per heavy atom. The van der Waals surface area contributed by atoms with Gasteiger partial charge in [0.15, 0.2) is 6.40 Å². The van der Waals surface area contributed by atoms with Crippen LogP contribution in [-0.2, 0) is 11.2 Å². The molecule has 0 saturated heterocycles. The summed E-state index contributed by atoms with van der Waals surface area (Å²) in [4.78, 5) is 4.00. The number of nitrogens with two attached hydrogens (primary N) is 1. The van der Waals surface area contributed by atoms with Crippen molar-refractivity contribution in [2.45, 2.75) is 18.6 Å². The average Bonchev–Trinajstić information content (AvgIpc) is 2.72. The Labute approximate surface area is 83.6 Å². The van der Waals surface area contributed by atoms with Crippen molar-refractivity contribution in [3.8, 4) is 0 Å². The van der Waals surface area contributed by atoms with Crippen LogP contribution in [0.1, 0.15) is 5.56 Å². The SMILES string of the molecule is N[C@@H](Cc1ccccc1)[C@H]1CN=CO1. The Hall–Kier alpha value is -1.35. The minimum atomic E-state index is 0.0277. The maximum absolute atomic E-state index is 6.01. The van der Waals surface area contributed by atoms with Crippen LogP contribution in [0.2, 0.25) is 0 Å². The number of hydrogen-bond acceptors (Lipinski definition) is 3. The van der Waals surface area contributed by atoms with E-state index in [-0.39, 0.29) is 12.1 Å². The molecule has 0 spiro atoms. The molecule has 0 bridgehead atoms. The lowest BCUT2D eigenvalue weighted by Gasteiger charge is -2.17. The molecular weight excluding hydrogens is 176 g/mol. The van der Waals surface area contributed by atoms with Crippen molar-refractivity contribution in [3.63, 3.8) is 0 Å². The standard InChI is InChI=1S/C11H14N2O/c12-10(11-7-13-8-14-11)6-9-4-2-1-3-5-9/h1-5,8,10-11H,6-7,12H2/t10-,11+/m0/s1. The molecule has 14 heavy (non-hydrogen) atoms. The molecule has 2 rings (SSSR count). The summed E-state index contributed by atoms with van der Waals surface area (Å²) in [6, 6.07) is 10.2. The van der Waals surface area contributed by atoms with Crippen LogP contribution in [0, 0.1) is 0 Å². The third-order valence-electron chi connectivity index (χ3n) is 2.39. The third-order valence-corrected chi connectivity index (χ3v) is 2.39. The molecular formula is C11H14N2O. The number of aliphatic imine (C=N–C) groups is 1.